The van der Waals surface area contributed by atoms with Gasteiger partial charge in [-0.2, -0.15) is 0 Å². The first-order valence-electron chi connectivity index (χ1n) is 5.01. The number of hydrogen-bond donors (Lipinski definition) is 1. The zero-order valence-electron chi connectivity index (χ0n) is 8.09. The van der Waals surface area contributed by atoms with E-state index in [1.807, 2.05) is 0 Å². The van der Waals surface area contributed by atoms with E-state index < -0.39 is 6.17 Å². The molecule has 0 saturated heterocycles. The Morgan fingerprint density at radius 3 is 2.25 bits per heavy atom. The van der Waals surface area contributed by atoms with E-state index in [0.717, 1.165) is 12.8 Å². The van der Waals surface area contributed by atoms with Gasteiger partial charge in [0.2, 0.25) is 0 Å². The van der Waals surface area contributed by atoms with Crippen LogP contribution >= 0.6 is 0 Å². The molecule has 2 atom stereocenters. The predicted octanol–water partition coefficient (Wildman–Crippen LogP) is 2.36. The summed E-state index contributed by atoms with van der Waals surface area (Å²) in [5, 5.41) is 0. The monoisotopic (exact) mass is 173 g/mol. The maximum absolute atomic E-state index is 13.7. The molecule has 1 aliphatic rings. The summed E-state index contributed by atoms with van der Waals surface area (Å²) in [5.41, 5.74) is 5.55. The van der Waals surface area contributed by atoms with Crippen molar-refractivity contribution in [3.05, 3.63) is 0 Å². The normalized spacial score (nSPS) is 23.8. The molecular formula is C10H20FN. The highest BCUT2D eigenvalue weighted by Crippen LogP contribution is 2.36. The summed E-state index contributed by atoms with van der Waals surface area (Å²) < 4.78 is 13.7. The van der Waals surface area contributed by atoms with Crippen LogP contribution < -0.4 is 5.73 Å². The summed E-state index contributed by atoms with van der Waals surface area (Å²) >= 11 is 0. The fourth-order valence-corrected chi connectivity index (χ4v) is 1.88. The van der Waals surface area contributed by atoms with Crippen molar-refractivity contribution in [3.63, 3.8) is 0 Å². The van der Waals surface area contributed by atoms with Crippen LogP contribution in [-0.2, 0) is 0 Å². The summed E-state index contributed by atoms with van der Waals surface area (Å²) in [5.74, 6) is 0.779. The summed E-state index contributed by atoms with van der Waals surface area (Å²) in [6.45, 7) is 4.61. The standard InChI is InChI=1S/C10H20FN/c1-7(2)9(6-12)10(11)8-4-3-5-8/h7-10H,3-6,12H2,1-2H3. The molecule has 2 N–H and O–H groups in total. The Bertz CT molecular complexity index is 132. The Morgan fingerprint density at radius 2 is 2.00 bits per heavy atom. The van der Waals surface area contributed by atoms with Gasteiger partial charge in [0.25, 0.3) is 0 Å². The van der Waals surface area contributed by atoms with Gasteiger partial charge in [-0.1, -0.05) is 20.3 Å². The molecule has 1 nitrogen and oxygen atoms in total. The lowest BCUT2D eigenvalue weighted by Crippen LogP contribution is -2.37. The van der Waals surface area contributed by atoms with Crippen molar-refractivity contribution in [1.82, 2.24) is 0 Å². The van der Waals surface area contributed by atoms with Crippen LogP contribution in [0.2, 0.25) is 0 Å². The molecule has 2 unspecified atom stereocenters. The highest BCUT2D eigenvalue weighted by molar-refractivity contribution is 4.84. The van der Waals surface area contributed by atoms with Gasteiger partial charge < -0.3 is 5.73 Å². The lowest BCUT2D eigenvalue weighted by Gasteiger charge is -2.34. The average Bonchev–Trinajstić information content (AvgIpc) is 1.83. The lowest BCUT2D eigenvalue weighted by atomic mass is 9.74. The molecule has 0 bridgehead atoms. The fourth-order valence-electron chi connectivity index (χ4n) is 1.88. The van der Waals surface area contributed by atoms with Crippen LogP contribution in [0.4, 0.5) is 4.39 Å². The third-order valence-corrected chi connectivity index (χ3v) is 3.14. The maximum atomic E-state index is 13.7. The first-order valence-corrected chi connectivity index (χ1v) is 5.01. The van der Waals surface area contributed by atoms with Crippen molar-refractivity contribution in [1.29, 1.82) is 0 Å². The number of nitrogens with two attached hydrogens (primary N) is 1. The molecule has 0 aromatic heterocycles. The first-order chi connectivity index (χ1) is 5.66. The maximum Gasteiger partial charge on any atom is 0.107 e. The molecule has 1 fully saturated rings. The molecule has 2 heteroatoms. The molecule has 0 heterocycles. The minimum atomic E-state index is -0.649. The van der Waals surface area contributed by atoms with Crippen LogP contribution in [0.1, 0.15) is 33.1 Å². The SMILES string of the molecule is CC(C)C(CN)C(F)C1CCC1. The topological polar surface area (TPSA) is 26.0 Å². The molecule has 1 aliphatic carbocycles. The van der Waals surface area contributed by atoms with Gasteiger partial charge in [-0.25, -0.2) is 4.39 Å². The average molecular weight is 173 g/mol. The van der Waals surface area contributed by atoms with Crippen molar-refractivity contribution < 1.29 is 4.39 Å². The molecule has 0 aromatic carbocycles. The fraction of sp³-hybridized carbons (Fsp3) is 1.00. The van der Waals surface area contributed by atoms with Gasteiger partial charge in [0.1, 0.15) is 6.17 Å². The van der Waals surface area contributed by atoms with Crippen LogP contribution in [0.5, 0.6) is 0 Å². The second kappa shape index (κ2) is 4.22. The molecule has 0 spiro atoms. The number of alkyl halides is 1. The Kier molecular flexibility index (Phi) is 3.51. The minimum Gasteiger partial charge on any atom is -0.330 e. The van der Waals surface area contributed by atoms with Gasteiger partial charge >= 0.3 is 0 Å². The molecule has 12 heavy (non-hydrogen) atoms. The van der Waals surface area contributed by atoms with Crippen LogP contribution in [0.3, 0.4) is 0 Å². The third kappa shape index (κ3) is 1.98. The second-order valence-electron chi connectivity index (χ2n) is 4.28. The number of rotatable bonds is 4. The smallest absolute Gasteiger partial charge is 0.107 e. The van der Waals surface area contributed by atoms with Crippen LogP contribution in [0.15, 0.2) is 0 Å². The second-order valence-corrected chi connectivity index (χ2v) is 4.28. The largest absolute Gasteiger partial charge is 0.330 e. The van der Waals surface area contributed by atoms with E-state index in [-0.39, 0.29) is 5.92 Å². The summed E-state index contributed by atoms with van der Waals surface area (Å²) in [6, 6.07) is 0. The third-order valence-electron chi connectivity index (χ3n) is 3.14. The zero-order chi connectivity index (χ0) is 9.14. The van der Waals surface area contributed by atoms with E-state index in [4.69, 9.17) is 5.73 Å². The van der Waals surface area contributed by atoms with E-state index in [9.17, 15) is 4.39 Å². The Hall–Kier alpha value is -0.110. The molecule has 72 valence electrons. The van der Waals surface area contributed by atoms with E-state index >= 15 is 0 Å². The van der Waals surface area contributed by atoms with Crippen molar-refractivity contribution in [3.8, 4) is 0 Å². The Balaban J connectivity index is 2.40. The highest BCUT2D eigenvalue weighted by atomic mass is 19.1. The number of hydrogen-bond acceptors (Lipinski definition) is 1. The molecule has 0 aromatic rings. The van der Waals surface area contributed by atoms with Crippen molar-refractivity contribution >= 4 is 0 Å². The predicted molar refractivity (Wildman–Crippen MR) is 49.6 cm³/mol. The minimum absolute atomic E-state index is 0.0790. The summed E-state index contributed by atoms with van der Waals surface area (Å²) in [4.78, 5) is 0. The molecule has 1 rings (SSSR count). The van der Waals surface area contributed by atoms with Gasteiger partial charge in [0.15, 0.2) is 0 Å². The van der Waals surface area contributed by atoms with E-state index in [1.165, 1.54) is 6.42 Å². The quantitative estimate of drug-likeness (QED) is 0.694. The first kappa shape index (κ1) is 9.97. The van der Waals surface area contributed by atoms with Gasteiger partial charge in [-0.15, -0.1) is 0 Å². The van der Waals surface area contributed by atoms with Gasteiger partial charge in [-0.3, -0.25) is 0 Å². The van der Waals surface area contributed by atoms with Crippen molar-refractivity contribution in [2.24, 2.45) is 23.5 Å². The Morgan fingerprint density at radius 1 is 1.42 bits per heavy atom. The Labute approximate surface area is 74.5 Å². The van der Waals surface area contributed by atoms with Crippen LogP contribution in [0.25, 0.3) is 0 Å². The number of halogens is 1. The summed E-state index contributed by atoms with van der Waals surface area (Å²) in [7, 11) is 0. The van der Waals surface area contributed by atoms with Gasteiger partial charge in [-0.05, 0) is 31.2 Å². The molecule has 0 aliphatic heterocycles. The lowest BCUT2D eigenvalue weighted by molar-refractivity contribution is 0.0746. The van der Waals surface area contributed by atoms with Crippen molar-refractivity contribution in [2.45, 2.75) is 39.3 Å². The van der Waals surface area contributed by atoms with Gasteiger partial charge in [0.05, 0.1) is 0 Å². The van der Waals surface area contributed by atoms with E-state index in [0.29, 0.717) is 18.4 Å². The van der Waals surface area contributed by atoms with Crippen LogP contribution in [0, 0.1) is 17.8 Å². The van der Waals surface area contributed by atoms with Crippen LogP contribution in [-0.4, -0.2) is 12.7 Å². The molecule has 1 saturated carbocycles. The van der Waals surface area contributed by atoms with Gasteiger partial charge in [0, 0.05) is 5.92 Å². The molecule has 0 radical (unpaired) electrons. The summed E-state index contributed by atoms with van der Waals surface area (Å²) in [6.07, 6.45) is 2.71. The molecule has 0 amide bonds. The zero-order valence-corrected chi connectivity index (χ0v) is 8.09. The van der Waals surface area contributed by atoms with E-state index in [2.05, 4.69) is 13.8 Å². The molecular weight excluding hydrogens is 153 g/mol. The van der Waals surface area contributed by atoms with E-state index in [1.54, 1.807) is 0 Å². The van der Waals surface area contributed by atoms with Crippen molar-refractivity contribution in [2.75, 3.05) is 6.54 Å². The highest BCUT2D eigenvalue weighted by Gasteiger charge is 2.33.